The number of aromatic nitrogens is 2. The lowest BCUT2D eigenvalue weighted by molar-refractivity contribution is -0.123. The van der Waals surface area contributed by atoms with Crippen molar-refractivity contribution in [2.45, 2.75) is 52.1 Å². The lowest BCUT2D eigenvalue weighted by Gasteiger charge is -2.33. The molecule has 0 radical (unpaired) electrons. The third kappa shape index (κ3) is 3.38. The maximum atomic E-state index is 12.7. The fraction of sp³-hybridized carbons (Fsp3) is 0.500. The number of nitrogens with zero attached hydrogens (tertiary/aromatic N) is 2. The summed E-state index contributed by atoms with van der Waals surface area (Å²) in [5, 5.41) is 8.89. The van der Waals surface area contributed by atoms with Crippen LogP contribution in [-0.2, 0) is 11.3 Å². The molecule has 1 aromatic heterocycles. The van der Waals surface area contributed by atoms with E-state index in [0.29, 0.717) is 11.3 Å². The Hall–Kier alpha value is -1.69. The zero-order valence-corrected chi connectivity index (χ0v) is 15.8. The third-order valence-corrected chi connectivity index (χ3v) is 5.02. The summed E-state index contributed by atoms with van der Waals surface area (Å²) in [6, 6.07) is 5.79. The molecule has 0 bridgehead atoms. The average Bonchev–Trinajstić information content (AvgIpc) is 2.48. The maximum absolute atomic E-state index is 12.7. The van der Waals surface area contributed by atoms with E-state index in [1.807, 2.05) is 26.0 Å². The van der Waals surface area contributed by atoms with Gasteiger partial charge in [0.2, 0.25) is 5.91 Å². The van der Waals surface area contributed by atoms with Crippen molar-refractivity contribution in [3.63, 3.8) is 0 Å². The molecule has 128 valence electrons. The number of halogens is 1. The third-order valence-electron chi connectivity index (χ3n) is 4.53. The van der Waals surface area contributed by atoms with Crippen LogP contribution in [0.25, 0.3) is 10.8 Å². The summed E-state index contributed by atoms with van der Waals surface area (Å²) in [6.07, 6.45) is 2.02. The number of hydrogen-bond donors (Lipinski definition) is 1. The summed E-state index contributed by atoms with van der Waals surface area (Å²) in [4.78, 5) is 24.9. The molecule has 1 saturated carbocycles. The minimum atomic E-state index is -0.223. The Bertz CT molecular complexity index is 838. The number of nitrogens with one attached hydrogen (secondary N) is 1. The molecule has 0 unspecified atom stereocenters. The van der Waals surface area contributed by atoms with Gasteiger partial charge in [-0.15, -0.1) is 0 Å². The molecule has 1 heterocycles. The van der Waals surface area contributed by atoms with Gasteiger partial charge in [0.05, 0.1) is 11.1 Å². The minimum Gasteiger partial charge on any atom is -0.352 e. The first-order chi connectivity index (χ1) is 11.3. The molecule has 3 rings (SSSR count). The number of hydrogen-bond acceptors (Lipinski definition) is 3. The molecule has 1 fully saturated rings. The van der Waals surface area contributed by atoms with Crippen LogP contribution < -0.4 is 10.9 Å². The molecule has 1 aliphatic carbocycles. The highest BCUT2D eigenvalue weighted by Gasteiger charge is 2.26. The van der Waals surface area contributed by atoms with E-state index in [-0.39, 0.29) is 30.0 Å². The van der Waals surface area contributed by atoms with Crippen LogP contribution in [0.15, 0.2) is 27.5 Å². The van der Waals surface area contributed by atoms with E-state index in [9.17, 15) is 9.59 Å². The van der Waals surface area contributed by atoms with E-state index >= 15 is 0 Å². The van der Waals surface area contributed by atoms with E-state index in [1.165, 1.54) is 4.68 Å². The highest BCUT2D eigenvalue weighted by Crippen LogP contribution is 2.26. The number of benzene rings is 1. The molecule has 1 N–H and O–H groups in total. The molecular formula is C18H22BrN3O2. The normalized spacial score (nSPS) is 20.2. The number of rotatable bonds is 4. The summed E-state index contributed by atoms with van der Waals surface area (Å²) >= 11 is 3.44. The first kappa shape index (κ1) is 17.1. The SMILES string of the molecule is CC1CC(NC(=O)Cn2nc(C(C)C)c3cc(Br)ccc3c2=O)C1. The van der Waals surface area contributed by atoms with Crippen LogP contribution in [0.1, 0.15) is 45.2 Å². The first-order valence-electron chi connectivity index (χ1n) is 8.34. The smallest absolute Gasteiger partial charge is 0.275 e. The lowest BCUT2D eigenvalue weighted by atomic mass is 9.82. The van der Waals surface area contributed by atoms with Crippen molar-refractivity contribution >= 4 is 32.6 Å². The summed E-state index contributed by atoms with van der Waals surface area (Å²) in [7, 11) is 0. The summed E-state index contributed by atoms with van der Waals surface area (Å²) in [5.41, 5.74) is 0.606. The molecule has 5 nitrogen and oxygen atoms in total. The monoisotopic (exact) mass is 391 g/mol. The van der Waals surface area contributed by atoms with Crippen LogP contribution >= 0.6 is 15.9 Å². The Morgan fingerprint density at radius 1 is 1.38 bits per heavy atom. The molecule has 0 spiro atoms. The average molecular weight is 392 g/mol. The molecule has 1 amide bonds. The Kier molecular flexibility index (Phi) is 4.76. The van der Waals surface area contributed by atoms with Crippen molar-refractivity contribution in [3.05, 3.63) is 38.7 Å². The van der Waals surface area contributed by atoms with Gasteiger partial charge in [0.1, 0.15) is 6.54 Å². The molecule has 0 atom stereocenters. The van der Waals surface area contributed by atoms with Gasteiger partial charge in [-0.25, -0.2) is 4.68 Å². The number of carbonyl (C=O) groups excluding carboxylic acids is 1. The van der Waals surface area contributed by atoms with E-state index in [4.69, 9.17) is 0 Å². The molecule has 2 aromatic rings. The second-order valence-electron chi connectivity index (χ2n) is 7.03. The second-order valence-corrected chi connectivity index (χ2v) is 7.95. The Morgan fingerprint density at radius 2 is 2.08 bits per heavy atom. The largest absolute Gasteiger partial charge is 0.352 e. The molecule has 1 aliphatic rings. The summed E-state index contributed by atoms with van der Waals surface area (Å²) in [5.74, 6) is 0.680. The van der Waals surface area contributed by atoms with Crippen molar-refractivity contribution in [3.8, 4) is 0 Å². The predicted octanol–water partition coefficient (Wildman–Crippen LogP) is 3.20. The number of carbonyl (C=O) groups is 1. The number of fused-ring (bicyclic) bond motifs is 1. The molecule has 0 saturated heterocycles. The zero-order valence-electron chi connectivity index (χ0n) is 14.2. The highest BCUT2D eigenvalue weighted by molar-refractivity contribution is 9.10. The Morgan fingerprint density at radius 3 is 2.71 bits per heavy atom. The Labute approximate surface area is 149 Å². The topological polar surface area (TPSA) is 64.0 Å². The van der Waals surface area contributed by atoms with Crippen LogP contribution in [0, 0.1) is 5.92 Å². The van der Waals surface area contributed by atoms with Crippen LogP contribution in [0.5, 0.6) is 0 Å². The second kappa shape index (κ2) is 6.67. The zero-order chi connectivity index (χ0) is 17.4. The molecule has 1 aromatic carbocycles. The quantitative estimate of drug-likeness (QED) is 0.869. The van der Waals surface area contributed by atoms with Gasteiger partial charge in [-0.3, -0.25) is 9.59 Å². The van der Waals surface area contributed by atoms with Crippen molar-refractivity contribution in [2.24, 2.45) is 5.92 Å². The van der Waals surface area contributed by atoms with Gasteiger partial charge >= 0.3 is 0 Å². The van der Waals surface area contributed by atoms with E-state index in [0.717, 1.165) is 28.4 Å². The van der Waals surface area contributed by atoms with Gasteiger partial charge in [0.15, 0.2) is 0 Å². The van der Waals surface area contributed by atoms with E-state index < -0.39 is 0 Å². The molecule has 24 heavy (non-hydrogen) atoms. The molecule has 0 aliphatic heterocycles. The first-order valence-corrected chi connectivity index (χ1v) is 9.14. The fourth-order valence-corrected chi connectivity index (χ4v) is 3.61. The van der Waals surface area contributed by atoms with Crippen LogP contribution in [0.3, 0.4) is 0 Å². The Balaban J connectivity index is 1.93. The van der Waals surface area contributed by atoms with Gasteiger partial charge in [-0.1, -0.05) is 36.7 Å². The minimum absolute atomic E-state index is 0.0323. The van der Waals surface area contributed by atoms with E-state index in [1.54, 1.807) is 6.07 Å². The van der Waals surface area contributed by atoms with Crippen molar-refractivity contribution in [1.29, 1.82) is 0 Å². The molecule has 6 heteroatoms. The number of amides is 1. The van der Waals surface area contributed by atoms with Crippen molar-refractivity contribution in [1.82, 2.24) is 15.1 Å². The fourth-order valence-electron chi connectivity index (χ4n) is 3.25. The predicted molar refractivity (Wildman–Crippen MR) is 98.1 cm³/mol. The highest BCUT2D eigenvalue weighted by atomic mass is 79.9. The van der Waals surface area contributed by atoms with Crippen LogP contribution in [0.4, 0.5) is 0 Å². The standard InChI is InChI=1S/C18H22BrN3O2/c1-10(2)17-15-8-12(19)4-5-14(15)18(24)22(21-17)9-16(23)20-13-6-11(3)7-13/h4-5,8,10-11,13H,6-7,9H2,1-3H3,(H,20,23). The molecular weight excluding hydrogens is 370 g/mol. The van der Waals surface area contributed by atoms with Gasteiger partial charge in [0.25, 0.3) is 5.56 Å². The van der Waals surface area contributed by atoms with Crippen LogP contribution in [-0.4, -0.2) is 21.7 Å². The van der Waals surface area contributed by atoms with Gasteiger partial charge in [0, 0.05) is 15.9 Å². The maximum Gasteiger partial charge on any atom is 0.275 e. The van der Waals surface area contributed by atoms with Gasteiger partial charge in [-0.05, 0) is 42.9 Å². The summed E-state index contributed by atoms with van der Waals surface area (Å²) in [6.45, 7) is 6.21. The van der Waals surface area contributed by atoms with Crippen molar-refractivity contribution in [2.75, 3.05) is 0 Å². The van der Waals surface area contributed by atoms with E-state index in [2.05, 4.69) is 33.3 Å². The van der Waals surface area contributed by atoms with Gasteiger partial charge in [-0.2, -0.15) is 5.10 Å². The van der Waals surface area contributed by atoms with Crippen LogP contribution in [0.2, 0.25) is 0 Å². The van der Waals surface area contributed by atoms with Crippen molar-refractivity contribution < 1.29 is 4.79 Å². The lowest BCUT2D eigenvalue weighted by Crippen LogP contribution is -2.45. The summed E-state index contributed by atoms with van der Waals surface area (Å²) < 4.78 is 2.20. The van der Waals surface area contributed by atoms with Gasteiger partial charge < -0.3 is 5.32 Å².